The van der Waals surface area contributed by atoms with E-state index in [0.717, 1.165) is 51.4 Å². The Morgan fingerprint density at radius 3 is 1.23 bits per heavy atom. The van der Waals surface area contributed by atoms with Crippen LogP contribution in [0.5, 0.6) is 0 Å². The van der Waals surface area contributed by atoms with Gasteiger partial charge in [0.15, 0.2) is 0 Å². The highest BCUT2D eigenvalue weighted by Crippen LogP contribution is 2.15. The molecule has 0 radical (unpaired) electrons. The van der Waals surface area contributed by atoms with Crippen molar-refractivity contribution in [3.05, 3.63) is 71.8 Å². The second-order valence-electron chi connectivity index (χ2n) is 12.0. The van der Waals surface area contributed by atoms with Gasteiger partial charge in [-0.1, -0.05) is 137 Å². The average Bonchev–Trinajstić information content (AvgIpc) is 3.06. The van der Waals surface area contributed by atoms with Gasteiger partial charge in [0.2, 0.25) is 0 Å². The van der Waals surface area contributed by atoms with Crippen LogP contribution in [0.25, 0.3) is 0 Å². The molecule has 0 fully saturated rings. The zero-order chi connectivity index (χ0) is 31.2. The van der Waals surface area contributed by atoms with Gasteiger partial charge in [-0.25, -0.2) is 0 Å². The maximum absolute atomic E-state index is 9.63. The lowest BCUT2D eigenvalue weighted by atomic mass is 10.0. The summed E-state index contributed by atoms with van der Waals surface area (Å²) in [7, 11) is 0. The third-order valence-corrected chi connectivity index (χ3v) is 8.01. The quantitative estimate of drug-likeness (QED) is 0.0834. The Balaban J connectivity index is 1.32. The molecule has 2 atom stereocenters. The number of aliphatic hydroxyl groups is 2. The van der Waals surface area contributed by atoms with Gasteiger partial charge in [0, 0.05) is 37.9 Å². The molecule has 2 unspecified atom stereocenters. The minimum absolute atomic E-state index is 0.205. The lowest BCUT2D eigenvalue weighted by Gasteiger charge is -2.14. The number of benzene rings is 2. The molecule has 242 valence electrons. The maximum atomic E-state index is 9.63. The molecule has 0 bridgehead atoms. The van der Waals surface area contributed by atoms with Gasteiger partial charge in [-0.05, 0) is 48.7 Å². The molecule has 4 nitrogen and oxygen atoms in total. The number of unbranched alkanes of at least 4 members (excludes halogenated alkanes) is 12. The predicted octanol–water partition coefficient (Wildman–Crippen LogP) is 8.89. The first-order chi connectivity index (χ1) is 21.8. The fourth-order valence-electron chi connectivity index (χ4n) is 5.21. The van der Waals surface area contributed by atoms with E-state index in [0.29, 0.717) is 26.4 Å². The molecule has 44 heavy (non-hydrogen) atoms. The minimum atomic E-state index is 0.205. The molecule has 0 aliphatic carbocycles. The molecule has 2 N–H and O–H groups in total. The molecule has 2 rings (SSSR count). The number of aliphatic hydroxyl groups excluding tert-OH is 2. The van der Waals surface area contributed by atoms with E-state index >= 15 is 0 Å². The fraction of sp³-hybridized carbons (Fsp3) is 0.600. The van der Waals surface area contributed by atoms with Gasteiger partial charge in [-0.15, -0.1) is 0 Å². The lowest BCUT2D eigenvalue weighted by molar-refractivity contribution is 0.0584. The maximum Gasteiger partial charge on any atom is 0.0717 e. The van der Waals surface area contributed by atoms with Crippen LogP contribution < -0.4 is 0 Å². The van der Waals surface area contributed by atoms with Crippen molar-refractivity contribution < 1.29 is 19.7 Å². The number of hydrogen-bond acceptors (Lipinski definition) is 4. The van der Waals surface area contributed by atoms with Crippen molar-refractivity contribution in [1.29, 1.82) is 0 Å². The van der Waals surface area contributed by atoms with Crippen LogP contribution in [0.15, 0.2) is 60.7 Å². The van der Waals surface area contributed by atoms with Gasteiger partial charge < -0.3 is 19.7 Å². The van der Waals surface area contributed by atoms with E-state index in [9.17, 15) is 10.2 Å². The Hall–Kier alpha value is -2.60. The first-order valence-electron chi connectivity index (χ1n) is 17.2. The number of hydrogen-bond donors (Lipinski definition) is 2. The number of rotatable bonds is 26. The van der Waals surface area contributed by atoms with Crippen LogP contribution in [0.4, 0.5) is 0 Å². The van der Waals surface area contributed by atoms with Crippen molar-refractivity contribution in [1.82, 2.24) is 0 Å². The van der Waals surface area contributed by atoms with Gasteiger partial charge in [0.05, 0.1) is 26.4 Å². The van der Waals surface area contributed by atoms with Crippen LogP contribution in [0.3, 0.4) is 0 Å². The van der Waals surface area contributed by atoms with E-state index in [1.807, 2.05) is 36.4 Å². The molecule has 4 heteroatoms. The smallest absolute Gasteiger partial charge is 0.0717 e. The van der Waals surface area contributed by atoms with E-state index in [1.54, 1.807) is 0 Å². The summed E-state index contributed by atoms with van der Waals surface area (Å²) < 4.78 is 11.6. The third kappa shape index (κ3) is 21.2. The summed E-state index contributed by atoms with van der Waals surface area (Å²) in [5.41, 5.74) is 2.36. The summed E-state index contributed by atoms with van der Waals surface area (Å²) in [6.07, 6.45) is 18.5. The van der Waals surface area contributed by atoms with Gasteiger partial charge >= 0.3 is 0 Å². The zero-order valence-electron chi connectivity index (χ0n) is 27.2. The summed E-state index contributed by atoms with van der Waals surface area (Å²) in [4.78, 5) is 0. The Morgan fingerprint density at radius 2 is 0.841 bits per heavy atom. The average molecular weight is 603 g/mol. The monoisotopic (exact) mass is 602 g/mol. The SMILES string of the molecule is OCC(CCCCCCCCC#CC#CCCCCCCCCC(CO)COCc1ccccc1)COCc1ccccc1. The number of ether oxygens (including phenoxy) is 2. The van der Waals surface area contributed by atoms with Crippen molar-refractivity contribution in [3.8, 4) is 23.7 Å². The third-order valence-electron chi connectivity index (χ3n) is 8.01. The van der Waals surface area contributed by atoms with Crippen LogP contribution in [-0.2, 0) is 22.7 Å². The van der Waals surface area contributed by atoms with E-state index in [2.05, 4.69) is 47.9 Å². The topological polar surface area (TPSA) is 58.9 Å². The molecule has 2 aromatic rings. The highest BCUT2D eigenvalue weighted by Gasteiger charge is 2.09. The van der Waals surface area contributed by atoms with Gasteiger partial charge in [0.25, 0.3) is 0 Å². The van der Waals surface area contributed by atoms with E-state index < -0.39 is 0 Å². The summed E-state index contributed by atoms with van der Waals surface area (Å²) >= 11 is 0. The zero-order valence-corrected chi connectivity index (χ0v) is 27.2. The Bertz CT molecular complexity index is 946. The second kappa shape index (κ2) is 27.9. The second-order valence-corrected chi connectivity index (χ2v) is 12.0. The van der Waals surface area contributed by atoms with Crippen molar-refractivity contribution in [3.63, 3.8) is 0 Å². The Labute approximate surface area is 269 Å². The van der Waals surface area contributed by atoms with Crippen molar-refractivity contribution >= 4 is 0 Å². The van der Waals surface area contributed by atoms with Crippen LogP contribution in [0.2, 0.25) is 0 Å². The summed E-state index contributed by atoms with van der Waals surface area (Å²) in [6, 6.07) is 20.4. The first kappa shape index (κ1) is 37.6. The molecule has 0 heterocycles. The Kier molecular flexibility index (Phi) is 23.8. The molecule has 2 aromatic carbocycles. The highest BCUT2D eigenvalue weighted by molar-refractivity contribution is 5.25. The molecule has 0 aliphatic heterocycles. The summed E-state index contributed by atoms with van der Waals surface area (Å²) in [6.45, 7) is 2.91. The molecule has 0 saturated carbocycles. The van der Waals surface area contributed by atoms with Crippen molar-refractivity contribution in [2.24, 2.45) is 11.8 Å². The van der Waals surface area contributed by atoms with Crippen molar-refractivity contribution in [2.75, 3.05) is 26.4 Å². The summed E-state index contributed by atoms with van der Waals surface area (Å²) in [5.74, 6) is 13.0. The minimum Gasteiger partial charge on any atom is -0.396 e. The van der Waals surface area contributed by atoms with Crippen LogP contribution in [0, 0.1) is 35.5 Å². The molecule has 0 aliphatic rings. The lowest BCUT2D eigenvalue weighted by Crippen LogP contribution is -2.14. The molecule has 0 aromatic heterocycles. The Morgan fingerprint density at radius 1 is 0.477 bits per heavy atom. The largest absolute Gasteiger partial charge is 0.396 e. The normalized spacial score (nSPS) is 12.1. The van der Waals surface area contributed by atoms with Gasteiger partial charge in [0.1, 0.15) is 0 Å². The van der Waals surface area contributed by atoms with Gasteiger partial charge in [-0.3, -0.25) is 0 Å². The van der Waals surface area contributed by atoms with E-state index in [4.69, 9.17) is 9.47 Å². The van der Waals surface area contributed by atoms with E-state index in [-0.39, 0.29) is 25.0 Å². The molecule has 0 amide bonds. The summed E-state index contributed by atoms with van der Waals surface area (Å²) in [5, 5.41) is 19.3. The highest BCUT2D eigenvalue weighted by atomic mass is 16.5. The van der Waals surface area contributed by atoms with Crippen molar-refractivity contribution in [2.45, 2.75) is 116 Å². The van der Waals surface area contributed by atoms with Crippen LogP contribution >= 0.6 is 0 Å². The molecular formula is C40H58O4. The van der Waals surface area contributed by atoms with Crippen LogP contribution in [0.1, 0.15) is 114 Å². The standard InChI is InChI=1S/C40H58O4/c41-31-39(35-43-33-37-25-21-17-22-26-37)29-19-15-13-11-9-7-5-3-1-2-4-6-8-10-12-14-16-20-30-40(32-42)36-44-34-38-27-23-18-24-28-38/h17-18,21-28,39-42H,5-16,19-20,29-36H2. The van der Waals surface area contributed by atoms with E-state index in [1.165, 1.54) is 62.5 Å². The van der Waals surface area contributed by atoms with Crippen LogP contribution in [-0.4, -0.2) is 36.6 Å². The molecule has 0 spiro atoms. The fourth-order valence-corrected chi connectivity index (χ4v) is 5.21. The molecular weight excluding hydrogens is 544 g/mol. The van der Waals surface area contributed by atoms with Gasteiger partial charge in [-0.2, -0.15) is 0 Å². The first-order valence-corrected chi connectivity index (χ1v) is 17.2. The predicted molar refractivity (Wildman–Crippen MR) is 183 cm³/mol. The molecule has 0 saturated heterocycles.